The van der Waals surface area contributed by atoms with Crippen molar-refractivity contribution >= 4 is 17.6 Å². The number of hydrogen-bond acceptors (Lipinski definition) is 6. The van der Waals surface area contributed by atoms with Gasteiger partial charge in [0.15, 0.2) is 5.57 Å². The smallest absolute Gasteiger partial charge is 0.347 e. The van der Waals surface area contributed by atoms with Crippen LogP contribution in [0.4, 0.5) is 5.69 Å². The summed E-state index contributed by atoms with van der Waals surface area (Å²) in [5, 5.41) is 12.2. The monoisotopic (exact) mass is 307 g/mol. The van der Waals surface area contributed by atoms with Crippen LogP contribution in [0.3, 0.4) is 0 Å². The molecule has 0 bridgehead atoms. The zero-order valence-electron chi connectivity index (χ0n) is 13.0. The molecule has 0 fully saturated rings. The largest absolute Gasteiger partial charge is 0.462 e. The number of carbonyl (C=O) groups is 2. The number of carbonyl (C=O) groups excluding carboxylic acids is 2. The van der Waals surface area contributed by atoms with Gasteiger partial charge in [0.05, 0.1) is 19.8 Å². The van der Waals surface area contributed by atoms with Crippen LogP contribution < -0.4 is 5.32 Å². The highest BCUT2D eigenvalue weighted by atomic mass is 16.6. The third kappa shape index (κ3) is 4.89. The summed E-state index contributed by atoms with van der Waals surface area (Å²) >= 11 is 0. The molecule has 1 aromatic rings. The van der Waals surface area contributed by atoms with Gasteiger partial charge in [-0.25, -0.2) is 9.59 Å². The van der Waals surface area contributed by atoms with Crippen molar-refractivity contribution < 1.29 is 24.2 Å². The van der Waals surface area contributed by atoms with E-state index in [1.54, 1.807) is 19.9 Å². The average molecular weight is 307 g/mol. The third-order valence-corrected chi connectivity index (χ3v) is 2.79. The van der Waals surface area contributed by atoms with Crippen molar-refractivity contribution in [3.63, 3.8) is 0 Å². The summed E-state index contributed by atoms with van der Waals surface area (Å²) in [6.45, 7) is 5.35. The molecule has 0 aromatic heterocycles. The Morgan fingerprint density at radius 3 is 2.27 bits per heavy atom. The van der Waals surface area contributed by atoms with E-state index in [0.29, 0.717) is 11.3 Å². The number of anilines is 1. The Labute approximate surface area is 129 Å². The number of nitrogens with one attached hydrogen (secondary N) is 1. The van der Waals surface area contributed by atoms with Gasteiger partial charge in [0.1, 0.15) is 0 Å². The van der Waals surface area contributed by atoms with Gasteiger partial charge < -0.3 is 19.9 Å². The number of benzene rings is 1. The number of rotatable bonds is 7. The molecular formula is C16H21NO5. The number of esters is 2. The molecule has 22 heavy (non-hydrogen) atoms. The van der Waals surface area contributed by atoms with E-state index in [9.17, 15) is 14.7 Å². The zero-order chi connectivity index (χ0) is 16.5. The first-order valence-electron chi connectivity index (χ1n) is 7.04. The molecule has 0 aliphatic heterocycles. The number of aliphatic hydroxyl groups is 1. The molecule has 0 spiro atoms. The van der Waals surface area contributed by atoms with Crippen LogP contribution in [0.2, 0.25) is 0 Å². The number of ether oxygens (including phenoxy) is 2. The molecular weight excluding hydrogens is 286 g/mol. The summed E-state index contributed by atoms with van der Waals surface area (Å²) in [5.41, 5.74) is 2.02. The lowest BCUT2D eigenvalue weighted by Gasteiger charge is -2.10. The Morgan fingerprint density at radius 2 is 1.77 bits per heavy atom. The molecule has 0 heterocycles. The van der Waals surface area contributed by atoms with E-state index < -0.39 is 11.9 Å². The molecule has 0 saturated carbocycles. The van der Waals surface area contributed by atoms with Gasteiger partial charge >= 0.3 is 11.9 Å². The van der Waals surface area contributed by atoms with Gasteiger partial charge in [-0.05, 0) is 26.8 Å². The van der Waals surface area contributed by atoms with Crippen LogP contribution in [-0.2, 0) is 25.7 Å². The highest BCUT2D eigenvalue weighted by Crippen LogP contribution is 2.18. The Kier molecular flexibility index (Phi) is 7.12. The van der Waals surface area contributed by atoms with E-state index >= 15 is 0 Å². The van der Waals surface area contributed by atoms with Crippen molar-refractivity contribution in [2.75, 3.05) is 18.5 Å². The van der Waals surface area contributed by atoms with Crippen LogP contribution >= 0.6 is 0 Å². The zero-order valence-corrected chi connectivity index (χ0v) is 13.0. The van der Waals surface area contributed by atoms with E-state index in [2.05, 4.69) is 5.32 Å². The van der Waals surface area contributed by atoms with Gasteiger partial charge in [-0.3, -0.25) is 0 Å². The second-order valence-electron chi connectivity index (χ2n) is 4.46. The Bertz CT molecular complexity index is 546. The SMILES string of the molecule is CCOC(=O)C(=CNc1ccc(C)cc1CO)C(=O)OCC. The predicted octanol–water partition coefficient (Wildman–Crippen LogP) is 1.91. The molecule has 0 amide bonds. The third-order valence-electron chi connectivity index (χ3n) is 2.79. The fourth-order valence-corrected chi connectivity index (χ4v) is 1.76. The van der Waals surface area contributed by atoms with Gasteiger partial charge in [0.2, 0.25) is 0 Å². The van der Waals surface area contributed by atoms with E-state index in [-0.39, 0.29) is 25.4 Å². The minimum atomic E-state index is -0.758. The quantitative estimate of drug-likeness (QED) is 0.346. The highest BCUT2D eigenvalue weighted by molar-refractivity contribution is 6.14. The second kappa shape index (κ2) is 8.84. The summed E-state index contributed by atoms with van der Waals surface area (Å²) in [6.07, 6.45) is 1.24. The fourth-order valence-electron chi connectivity index (χ4n) is 1.76. The van der Waals surface area contributed by atoms with Crippen molar-refractivity contribution in [1.82, 2.24) is 0 Å². The summed E-state index contributed by atoms with van der Waals surface area (Å²) in [7, 11) is 0. The van der Waals surface area contributed by atoms with Crippen LogP contribution in [0, 0.1) is 6.92 Å². The first kappa shape index (κ1) is 17.7. The topological polar surface area (TPSA) is 84.9 Å². The lowest BCUT2D eigenvalue weighted by Crippen LogP contribution is -2.19. The molecule has 120 valence electrons. The summed E-state index contributed by atoms with van der Waals surface area (Å²) in [4.78, 5) is 23.6. The maximum Gasteiger partial charge on any atom is 0.347 e. The molecule has 6 nitrogen and oxygen atoms in total. The van der Waals surface area contributed by atoms with Gasteiger partial charge in [-0.1, -0.05) is 17.7 Å². The molecule has 0 unspecified atom stereocenters. The lowest BCUT2D eigenvalue weighted by atomic mass is 10.1. The van der Waals surface area contributed by atoms with Crippen LogP contribution in [0.15, 0.2) is 30.0 Å². The normalized spacial score (nSPS) is 9.82. The number of hydrogen-bond donors (Lipinski definition) is 2. The molecule has 6 heteroatoms. The average Bonchev–Trinajstić information content (AvgIpc) is 2.49. The molecule has 0 aliphatic rings. The Morgan fingerprint density at radius 1 is 1.18 bits per heavy atom. The molecule has 1 rings (SSSR count). The summed E-state index contributed by atoms with van der Waals surface area (Å²) in [5.74, 6) is -1.52. The molecule has 0 saturated heterocycles. The van der Waals surface area contributed by atoms with Gasteiger partial charge in [-0.2, -0.15) is 0 Å². The molecule has 1 aromatic carbocycles. The maximum atomic E-state index is 11.8. The second-order valence-corrected chi connectivity index (χ2v) is 4.46. The van der Waals surface area contributed by atoms with Crippen LogP contribution in [0.25, 0.3) is 0 Å². The van der Waals surface area contributed by atoms with Crippen molar-refractivity contribution in [2.24, 2.45) is 0 Å². The highest BCUT2D eigenvalue weighted by Gasteiger charge is 2.21. The van der Waals surface area contributed by atoms with Crippen molar-refractivity contribution in [1.29, 1.82) is 0 Å². The van der Waals surface area contributed by atoms with Crippen LogP contribution in [0.1, 0.15) is 25.0 Å². The maximum absolute atomic E-state index is 11.8. The van der Waals surface area contributed by atoms with Crippen molar-refractivity contribution in [3.05, 3.63) is 41.1 Å². The van der Waals surface area contributed by atoms with E-state index in [1.165, 1.54) is 6.20 Å². The molecule has 0 aliphatic carbocycles. The number of aliphatic hydroxyl groups excluding tert-OH is 1. The standard InChI is InChI=1S/C16H21NO5/c1-4-21-15(19)13(16(20)22-5-2)9-17-14-7-6-11(3)8-12(14)10-18/h6-9,17-18H,4-5,10H2,1-3H3. The molecule has 0 atom stereocenters. The number of aryl methyl sites for hydroxylation is 1. The van der Waals surface area contributed by atoms with Crippen LogP contribution in [-0.4, -0.2) is 30.3 Å². The van der Waals surface area contributed by atoms with Gasteiger partial charge in [0, 0.05) is 17.5 Å². The van der Waals surface area contributed by atoms with E-state index in [1.807, 2.05) is 19.1 Å². The lowest BCUT2D eigenvalue weighted by molar-refractivity contribution is -0.146. The molecule has 0 radical (unpaired) electrons. The predicted molar refractivity (Wildman–Crippen MR) is 82.1 cm³/mol. The van der Waals surface area contributed by atoms with Gasteiger partial charge in [0.25, 0.3) is 0 Å². The van der Waals surface area contributed by atoms with E-state index in [0.717, 1.165) is 5.56 Å². The summed E-state index contributed by atoms with van der Waals surface area (Å²) in [6, 6.07) is 5.42. The van der Waals surface area contributed by atoms with Crippen molar-refractivity contribution in [2.45, 2.75) is 27.4 Å². The van der Waals surface area contributed by atoms with E-state index in [4.69, 9.17) is 9.47 Å². The Balaban J connectivity index is 3.02. The fraction of sp³-hybridized carbons (Fsp3) is 0.375. The first-order valence-corrected chi connectivity index (χ1v) is 7.04. The molecule has 2 N–H and O–H groups in total. The van der Waals surface area contributed by atoms with Crippen molar-refractivity contribution in [3.8, 4) is 0 Å². The summed E-state index contributed by atoms with van der Waals surface area (Å²) < 4.78 is 9.68. The minimum Gasteiger partial charge on any atom is -0.462 e. The van der Waals surface area contributed by atoms with Gasteiger partial charge in [-0.15, -0.1) is 0 Å². The Hall–Kier alpha value is -2.34. The van der Waals surface area contributed by atoms with Crippen LogP contribution in [0.5, 0.6) is 0 Å². The first-order chi connectivity index (χ1) is 10.5. The minimum absolute atomic E-state index is 0.155.